The molecule has 33 heavy (non-hydrogen) atoms. The number of carbonyl (C=O) groups excluding carboxylic acids is 1. The molecule has 10 heteroatoms. The van der Waals surface area contributed by atoms with Gasteiger partial charge in [-0.3, -0.25) is 4.79 Å². The van der Waals surface area contributed by atoms with Gasteiger partial charge in [0.25, 0.3) is 0 Å². The van der Waals surface area contributed by atoms with E-state index in [-0.39, 0.29) is 6.29 Å². The lowest BCUT2D eigenvalue weighted by Crippen LogP contribution is -2.51. The number of nitrogens with zero attached hydrogens (tertiary/aromatic N) is 4. The van der Waals surface area contributed by atoms with Crippen LogP contribution >= 0.6 is 11.6 Å². The minimum Gasteiger partial charge on any atom is -0.366 e. The fourth-order valence-corrected chi connectivity index (χ4v) is 3.74. The molecule has 1 unspecified atom stereocenters. The van der Waals surface area contributed by atoms with Crippen LogP contribution in [0, 0.1) is 0 Å². The van der Waals surface area contributed by atoms with Crippen molar-refractivity contribution in [3.05, 3.63) is 76.9 Å². The van der Waals surface area contributed by atoms with E-state index in [0.717, 1.165) is 11.3 Å². The van der Waals surface area contributed by atoms with Crippen molar-refractivity contribution in [3.63, 3.8) is 0 Å². The summed E-state index contributed by atoms with van der Waals surface area (Å²) in [6, 6.07) is 16.9. The number of halogens is 1. The maximum Gasteiger partial charge on any atom is 0.249 e. The van der Waals surface area contributed by atoms with Gasteiger partial charge in [0.05, 0.1) is 25.0 Å². The van der Waals surface area contributed by atoms with E-state index in [9.17, 15) is 4.79 Å². The molecule has 0 aliphatic carbocycles. The second-order valence-electron chi connectivity index (χ2n) is 7.34. The summed E-state index contributed by atoms with van der Waals surface area (Å²) in [6.07, 6.45) is 1.19. The molecule has 172 valence electrons. The molecular formula is C23H25ClN6O3. The third kappa shape index (κ3) is 5.40. The number of nitrogens with one attached hydrogen (secondary N) is 1. The molecule has 0 radical (unpaired) electrons. The predicted octanol–water partition coefficient (Wildman–Crippen LogP) is 3.20. The SMILES string of the molecule is COC1CN(N(c2ccccc2)c2ncc(Cl)c(NCc3ccccc3C(N)=O)n2)CCO1. The van der Waals surface area contributed by atoms with E-state index in [1.807, 2.05) is 47.5 Å². The van der Waals surface area contributed by atoms with Crippen LogP contribution in [0.4, 0.5) is 17.5 Å². The standard InChI is InChI=1S/C23H25ClN6O3/c1-32-20-15-29(11-12-33-20)30(17-8-3-2-4-9-17)23-27-14-19(24)22(28-23)26-13-16-7-5-6-10-18(16)21(25)31/h2-10,14,20H,11-13,15H2,1H3,(H2,25,31)(H,26,27,28). The van der Waals surface area contributed by atoms with Gasteiger partial charge in [-0.1, -0.05) is 48.0 Å². The largest absolute Gasteiger partial charge is 0.366 e. The number of para-hydroxylation sites is 1. The number of hydrazine groups is 1. The van der Waals surface area contributed by atoms with E-state index < -0.39 is 5.91 Å². The van der Waals surface area contributed by atoms with E-state index in [4.69, 9.17) is 31.8 Å². The summed E-state index contributed by atoms with van der Waals surface area (Å²) in [5, 5.41) is 7.57. The van der Waals surface area contributed by atoms with Crippen molar-refractivity contribution in [2.75, 3.05) is 37.1 Å². The number of rotatable bonds is 8. The molecule has 4 rings (SSSR count). The molecule has 1 saturated heterocycles. The van der Waals surface area contributed by atoms with E-state index in [2.05, 4.69) is 15.3 Å². The first-order valence-electron chi connectivity index (χ1n) is 10.5. The Hall–Kier alpha value is -3.24. The first-order chi connectivity index (χ1) is 16.1. The zero-order valence-electron chi connectivity index (χ0n) is 18.1. The van der Waals surface area contributed by atoms with Crippen LogP contribution in [0.1, 0.15) is 15.9 Å². The van der Waals surface area contributed by atoms with Crippen molar-refractivity contribution in [2.24, 2.45) is 5.73 Å². The van der Waals surface area contributed by atoms with Crippen LogP contribution in [0.25, 0.3) is 0 Å². The normalized spacial score (nSPS) is 16.4. The van der Waals surface area contributed by atoms with Crippen LogP contribution in [0.15, 0.2) is 60.8 Å². The van der Waals surface area contributed by atoms with Gasteiger partial charge in [0.2, 0.25) is 11.9 Å². The minimum absolute atomic E-state index is 0.323. The van der Waals surface area contributed by atoms with Crippen LogP contribution in [0.3, 0.4) is 0 Å². The molecule has 0 bridgehead atoms. The average Bonchev–Trinajstić information content (AvgIpc) is 2.85. The van der Waals surface area contributed by atoms with Gasteiger partial charge in [-0.2, -0.15) is 4.98 Å². The molecular weight excluding hydrogens is 444 g/mol. The minimum atomic E-state index is -0.489. The highest BCUT2D eigenvalue weighted by molar-refractivity contribution is 6.32. The highest BCUT2D eigenvalue weighted by Crippen LogP contribution is 2.29. The molecule has 1 fully saturated rings. The zero-order chi connectivity index (χ0) is 23.2. The number of carbonyl (C=O) groups is 1. The van der Waals surface area contributed by atoms with Crippen LogP contribution in [-0.4, -0.2) is 54.0 Å². The van der Waals surface area contributed by atoms with Crippen LogP contribution in [0.2, 0.25) is 5.02 Å². The third-order valence-corrected chi connectivity index (χ3v) is 5.49. The highest BCUT2D eigenvalue weighted by atomic mass is 35.5. The second-order valence-corrected chi connectivity index (χ2v) is 7.74. The van der Waals surface area contributed by atoms with E-state index >= 15 is 0 Å². The zero-order valence-corrected chi connectivity index (χ0v) is 18.9. The summed E-state index contributed by atoms with van der Waals surface area (Å²) in [5.74, 6) is 0.392. The molecule has 1 atom stereocenters. The Bertz CT molecular complexity index is 1100. The van der Waals surface area contributed by atoms with Crippen molar-refractivity contribution in [2.45, 2.75) is 12.8 Å². The monoisotopic (exact) mass is 468 g/mol. The number of hydrogen-bond donors (Lipinski definition) is 2. The summed E-state index contributed by atoms with van der Waals surface area (Å²) >= 11 is 6.40. The quantitative estimate of drug-likeness (QED) is 0.519. The Kier molecular flexibility index (Phi) is 7.36. The fourth-order valence-electron chi connectivity index (χ4n) is 3.58. The Morgan fingerprint density at radius 3 is 2.79 bits per heavy atom. The molecule has 1 aliphatic rings. The van der Waals surface area contributed by atoms with Gasteiger partial charge in [0.15, 0.2) is 12.1 Å². The highest BCUT2D eigenvalue weighted by Gasteiger charge is 2.28. The molecule has 9 nitrogen and oxygen atoms in total. The Balaban J connectivity index is 1.64. The molecule has 0 saturated carbocycles. The fraction of sp³-hybridized carbons (Fsp3) is 0.261. The summed E-state index contributed by atoms with van der Waals surface area (Å²) in [4.78, 5) is 20.9. The molecule has 2 heterocycles. The number of aromatic nitrogens is 2. The van der Waals surface area contributed by atoms with Crippen LogP contribution in [0.5, 0.6) is 0 Å². The van der Waals surface area contributed by atoms with E-state index in [1.54, 1.807) is 25.4 Å². The Morgan fingerprint density at radius 2 is 2.03 bits per heavy atom. The van der Waals surface area contributed by atoms with Gasteiger partial charge in [-0.15, -0.1) is 0 Å². The molecule has 0 spiro atoms. The number of anilines is 3. The van der Waals surface area contributed by atoms with E-state index in [0.29, 0.717) is 48.6 Å². The predicted molar refractivity (Wildman–Crippen MR) is 126 cm³/mol. The summed E-state index contributed by atoms with van der Waals surface area (Å²) in [5.41, 5.74) is 7.58. The lowest BCUT2D eigenvalue weighted by atomic mass is 10.1. The lowest BCUT2D eigenvalue weighted by Gasteiger charge is -2.39. The first-order valence-corrected chi connectivity index (χ1v) is 10.8. The van der Waals surface area contributed by atoms with Crippen molar-refractivity contribution in [1.82, 2.24) is 15.0 Å². The molecule has 3 N–H and O–H groups in total. The smallest absolute Gasteiger partial charge is 0.249 e. The Morgan fingerprint density at radius 1 is 1.27 bits per heavy atom. The van der Waals surface area contributed by atoms with Gasteiger partial charge in [0.1, 0.15) is 5.02 Å². The van der Waals surface area contributed by atoms with Crippen molar-refractivity contribution in [3.8, 4) is 0 Å². The number of morpholine rings is 1. The molecule has 1 aliphatic heterocycles. The number of hydrogen-bond acceptors (Lipinski definition) is 8. The summed E-state index contributed by atoms with van der Waals surface area (Å²) < 4.78 is 11.0. The van der Waals surface area contributed by atoms with Gasteiger partial charge in [-0.25, -0.2) is 15.0 Å². The van der Waals surface area contributed by atoms with Gasteiger partial charge < -0.3 is 20.5 Å². The number of amides is 1. The first kappa shape index (κ1) is 22.9. The molecule has 2 aromatic carbocycles. The van der Waals surface area contributed by atoms with Gasteiger partial charge in [-0.05, 0) is 23.8 Å². The lowest BCUT2D eigenvalue weighted by molar-refractivity contribution is -0.164. The number of benzene rings is 2. The number of ether oxygens (including phenoxy) is 2. The van der Waals surface area contributed by atoms with E-state index in [1.165, 1.54) is 0 Å². The molecule has 1 aromatic heterocycles. The topological polar surface area (TPSA) is 106 Å². The second kappa shape index (κ2) is 10.6. The summed E-state index contributed by atoms with van der Waals surface area (Å²) in [7, 11) is 1.62. The van der Waals surface area contributed by atoms with Crippen molar-refractivity contribution in [1.29, 1.82) is 0 Å². The maximum absolute atomic E-state index is 11.7. The number of nitrogens with two attached hydrogens (primary N) is 1. The molecule has 1 amide bonds. The third-order valence-electron chi connectivity index (χ3n) is 5.21. The van der Waals surface area contributed by atoms with Gasteiger partial charge >= 0.3 is 0 Å². The van der Waals surface area contributed by atoms with Crippen molar-refractivity contribution >= 4 is 35.0 Å². The van der Waals surface area contributed by atoms with Gasteiger partial charge in [0, 0.05) is 25.8 Å². The maximum atomic E-state index is 11.7. The van der Waals surface area contributed by atoms with Crippen LogP contribution in [-0.2, 0) is 16.0 Å². The van der Waals surface area contributed by atoms with Crippen molar-refractivity contribution < 1.29 is 14.3 Å². The van der Waals surface area contributed by atoms with Crippen LogP contribution < -0.4 is 16.1 Å². The Labute approximate surface area is 197 Å². The molecule has 3 aromatic rings. The number of primary amides is 1. The average molecular weight is 469 g/mol. The number of methoxy groups -OCH3 is 1. The summed E-state index contributed by atoms with van der Waals surface area (Å²) in [6.45, 7) is 1.97.